The van der Waals surface area contributed by atoms with Crippen LogP contribution in [0.3, 0.4) is 0 Å². The van der Waals surface area contributed by atoms with Crippen LogP contribution in [0.1, 0.15) is 17.6 Å². The van der Waals surface area contributed by atoms with Gasteiger partial charge >= 0.3 is 6.09 Å². The van der Waals surface area contributed by atoms with Crippen molar-refractivity contribution in [2.24, 2.45) is 5.73 Å². The smallest absolute Gasteiger partial charge is 0.410 e. The van der Waals surface area contributed by atoms with Gasteiger partial charge in [-0.15, -0.1) is 0 Å². The summed E-state index contributed by atoms with van der Waals surface area (Å²) in [5, 5.41) is 0. The highest BCUT2D eigenvalue weighted by Crippen LogP contribution is 2.26. The van der Waals surface area contributed by atoms with Crippen molar-refractivity contribution in [1.29, 1.82) is 0 Å². The number of aryl methyl sites for hydroxylation is 1. The minimum Gasteiger partial charge on any atom is -0.462 e. The van der Waals surface area contributed by atoms with Crippen LogP contribution in [0.4, 0.5) is 4.79 Å². The Morgan fingerprint density at radius 3 is 3.00 bits per heavy atom. The number of rotatable bonds is 3. The SMILES string of the molecule is Cc1ccc(C2CN(CCN)C(=O)O2)o1. The molecule has 0 radical (unpaired) electrons. The molecule has 2 N–H and O–H groups in total. The number of ether oxygens (including phenoxy) is 1. The van der Waals surface area contributed by atoms with Gasteiger partial charge in [0.2, 0.25) is 0 Å². The lowest BCUT2D eigenvalue weighted by Crippen LogP contribution is -2.30. The highest BCUT2D eigenvalue weighted by Gasteiger charge is 2.33. The molecule has 0 aliphatic carbocycles. The molecule has 1 fully saturated rings. The number of nitrogens with zero attached hydrogens (tertiary/aromatic N) is 1. The summed E-state index contributed by atoms with van der Waals surface area (Å²) in [6, 6.07) is 3.69. The van der Waals surface area contributed by atoms with E-state index in [4.69, 9.17) is 14.9 Å². The van der Waals surface area contributed by atoms with Gasteiger partial charge < -0.3 is 19.8 Å². The summed E-state index contributed by atoms with van der Waals surface area (Å²) in [6.07, 6.45) is -0.614. The molecule has 15 heavy (non-hydrogen) atoms. The Labute approximate surface area is 87.8 Å². The number of nitrogens with two attached hydrogens (primary N) is 1. The van der Waals surface area contributed by atoms with E-state index in [0.29, 0.717) is 25.4 Å². The average Bonchev–Trinajstić information content (AvgIpc) is 2.75. The van der Waals surface area contributed by atoms with Crippen LogP contribution in [0.2, 0.25) is 0 Å². The second-order valence-corrected chi connectivity index (χ2v) is 3.56. The number of hydrogen-bond donors (Lipinski definition) is 1. The number of amides is 1. The Hall–Kier alpha value is -1.49. The lowest BCUT2D eigenvalue weighted by molar-refractivity contribution is 0.123. The number of furan rings is 1. The fourth-order valence-corrected chi connectivity index (χ4v) is 1.62. The summed E-state index contributed by atoms with van der Waals surface area (Å²) in [4.78, 5) is 12.9. The molecule has 5 heteroatoms. The molecule has 1 saturated heterocycles. The molecule has 1 aromatic heterocycles. The Morgan fingerprint density at radius 2 is 2.40 bits per heavy atom. The van der Waals surface area contributed by atoms with E-state index >= 15 is 0 Å². The van der Waals surface area contributed by atoms with Gasteiger partial charge in [0.25, 0.3) is 0 Å². The summed E-state index contributed by atoms with van der Waals surface area (Å²) >= 11 is 0. The number of carbonyl (C=O) groups excluding carboxylic acids is 1. The van der Waals surface area contributed by atoms with Crippen molar-refractivity contribution in [2.45, 2.75) is 13.0 Å². The molecule has 0 aromatic carbocycles. The standard InChI is InChI=1S/C10H14N2O3/c1-7-2-3-8(14-7)9-6-12(5-4-11)10(13)15-9/h2-3,9H,4-6,11H2,1H3. The fourth-order valence-electron chi connectivity index (χ4n) is 1.62. The predicted molar refractivity (Wildman–Crippen MR) is 53.3 cm³/mol. The molecule has 1 aromatic rings. The van der Waals surface area contributed by atoms with Crippen LogP contribution in [0, 0.1) is 6.92 Å². The van der Waals surface area contributed by atoms with Gasteiger partial charge in [0.15, 0.2) is 6.10 Å². The zero-order valence-electron chi connectivity index (χ0n) is 8.60. The molecule has 2 heterocycles. The molecule has 1 atom stereocenters. The maximum atomic E-state index is 11.4. The summed E-state index contributed by atoms with van der Waals surface area (Å²) < 4.78 is 10.6. The third-order valence-electron chi connectivity index (χ3n) is 2.36. The van der Waals surface area contributed by atoms with Crippen LogP contribution in [-0.4, -0.2) is 30.6 Å². The maximum Gasteiger partial charge on any atom is 0.410 e. The van der Waals surface area contributed by atoms with E-state index in [0.717, 1.165) is 5.76 Å². The highest BCUT2D eigenvalue weighted by molar-refractivity contribution is 5.70. The average molecular weight is 210 g/mol. The summed E-state index contributed by atoms with van der Waals surface area (Å²) in [5.74, 6) is 1.51. The first-order valence-electron chi connectivity index (χ1n) is 4.92. The molecule has 0 bridgehead atoms. The minimum absolute atomic E-state index is 0.294. The van der Waals surface area contributed by atoms with Crippen molar-refractivity contribution in [1.82, 2.24) is 4.90 Å². The molecule has 5 nitrogen and oxygen atoms in total. The van der Waals surface area contributed by atoms with Gasteiger partial charge in [0, 0.05) is 13.1 Å². The predicted octanol–water partition coefficient (Wildman–Crippen LogP) is 1.04. The van der Waals surface area contributed by atoms with Crippen LogP contribution < -0.4 is 5.73 Å². The zero-order valence-corrected chi connectivity index (χ0v) is 8.60. The minimum atomic E-state index is -0.320. The van der Waals surface area contributed by atoms with Crippen LogP contribution in [0.15, 0.2) is 16.5 Å². The van der Waals surface area contributed by atoms with Crippen LogP contribution >= 0.6 is 0 Å². The molecular weight excluding hydrogens is 196 g/mol. The van der Waals surface area contributed by atoms with Crippen molar-refractivity contribution in [3.8, 4) is 0 Å². The van der Waals surface area contributed by atoms with Crippen LogP contribution in [0.25, 0.3) is 0 Å². The van der Waals surface area contributed by atoms with E-state index in [9.17, 15) is 4.79 Å². The first-order chi connectivity index (χ1) is 7.20. The highest BCUT2D eigenvalue weighted by atomic mass is 16.6. The van der Waals surface area contributed by atoms with Gasteiger partial charge in [-0.05, 0) is 19.1 Å². The molecule has 0 spiro atoms. The molecule has 82 valence electrons. The lowest BCUT2D eigenvalue weighted by atomic mass is 10.3. The summed E-state index contributed by atoms with van der Waals surface area (Å²) in [6.45, 7) is 3.34. The summed E-state index contributed by atoms with van der Waals surface area (Å²) in [5.41, 5.74) is 5.39. The fraction of sp³-hybridized carbons (Fsp3) is 0.500. The Bertz CT molecular complexity index is 361. The van der Waals surface area contributed by atoms with Gasteiger partial charge in [-0.3, -0.25) is 0 Å². The van der Waals surface area contributed by atoms with Crippen molar-refractivity contribution >= 4 is 6.09 Å². The molecular formula is C10H14N2O3. The topological polar surface area (TPSA) is 68.7 Å². The van der Waals surface area contributed by atoms with E-state index in [2.05, 4.69) is 0 Å². The second kappa shape index (κ2) is 3.94. The Kier molecular flexibility index (Phi) is 2.64. The lowest BCUT2D eigenvalue weighted by Gasteiger charge is -2.09. The van der Waals surface area contributed by atoms with Crippen molar-refractivity contribution in [3.05, 3.63) is 23.7 Å². The first-order valence-corrected chi connectivity index (χ1v) is 4.92. The molecule has 1 aliphatic heterocycles. The maximum absolute atomic E-state index is 11.4. The molecule has 1 unspecified atom stereocenters. The molecule has 1 amide bonds. The normalized spacial score (nSPS) is 20.8. The third kappa shape index (κ3) is 1.97. The second-order valence-electron chi connectivity index (χ2n) is 3.56. The zero-order chi connectivity index (χ0) is 10.8. The molecule has 2 rings (SSSR count). The largest absolute Gasteiger partial charge is 0.462 e. The van der Waals surface area contributed by atoms with E-state index in [1.807, 2.05) is 19.1 Å². The Balaban J connectivity index is 2.05. The number of cyclic esters (lactones) is 1. The van der Waals surface area contributed by atoms with E-state index in [1.54, 1.807) is 4.90 Å². The van der Waals surface area contributed by atoms with E-state index in [1.165, 1.54) is 0 Å². The van der Waals surface area contributed by atoms with Crippen molar-refractivity contribution < 1.29 is 13.9 Å². The van der Waals surface area contributed by atoms with Gasteiger partial charge in [-0.25, -0.2) is 4.79 Å². The molecule has 1 aliphatic rings. The third-order valence-corrected chi connectivity index (χ3v) is 2.36. The quantitative estimate of drug-likeness (QED) is 0.809. The molecule has 0 saturated carbocycles. The van der Waals surface area contributed by atoms with E-state index in [-0.39, 0.29) is 12.2 Å². The van der Waals surface area contributed by atoms with Crippen LogP contribution in [-0.2, 0) is 4.74 Å². The van der Waals surface area contributed by atoms with Crippen molar-refractivity contribution in [3.63, 3.8) is 0 Å². The first kappa shape index (κ1) is 10.0. The number of hydrogen-bond acceptors (Lipinski definition) is 4. The number of carbonyl (C=O) groups is 1. The Morgan fingerprint density at radius 1 is 1.60 bits per heavy atom. The van der Waals surface area contributed by atoms with Gasteiger partial charge in [0.05, 0.1) is 6.54 Å². The van der Waals surface area contributed by atoms with Gasteiger partial charge in [-0.1, -0.05) is 0 Å². The monoisotopic (exact) mass is 210 g/mol. The summed E-state index contributed by atoms with van der Waals surface area (Å²) in [7, 11) is 0. The van der Waals surface area contributed by atoms with Gasteiger partial charge in [0.1, 0.15) is 11.5 Å². The van der Waals surface area contributed by atoms with Gasteiger partial charge in [-0.2, -0.15) is 0 Å². The van der Waals surface area contributed by atoms with Crippen LogP contribution in [0.5, 0.6) is 0 Å². The van der Waals surface area contributed by atoms with Crippen molar-refractivity contribution in [2.75, 3.05) is 19.6 Å². The van der Waals surface area contributed by atoms with E-state index < -0.39 is 0 Å².